The average molecular weight is 499 g/mol. The summed E-state index contributed by atoms with van der Waals surface area (Å²) in [5.41, 5.74) is 9.46. The number of rotatable bonds is 8. The van der Waals surface area contributed by atoms with Gasteiger partial charge in [0.1, 0.15) is 24.5 Å². The zero-order chi connectivity index (χ0) is 26.3. The van der Waals surface area contributed by atoms with Crippen molar-refractivity contribution in [1.82, 2.24) is 0 Å². The number of hydrogen-bond acceptors (Lipinski definition) is 3. The summed E-state index contributed by atoms with van der Waals surface area (Å²) in [5, 5.41) is 0. The summed E-state index contributed by atoms with van der Waals surface area (Å²) >= 11 is 0. The third-order valence-electron chi connectivity index (χ3n) is 6.62. The first-order valence-electron chi connectivity index (χ1n) is 12.8. The molecule has 0 atom stereocenters. The summed E-state index contributed by atoms with van der Waals surface area (Å²) in [6.45, 7) is 4.74. The molecular formula is C35H30O3. The molecule has 0 saturated heterocycles. The third-order valence-corrected chi connectivity index (χ3v) is 6.62. The number of carbonyl (C=O) groups is 1. The van der Waals surface area contributed by atoms with Crippen LogP contribution in [0.3, 0.4) is 0 Å². The first kappa shape index (κ1) is 25.0. The van der Waals surface area contributed by atoms with Crippen molar-refractivity contribution >= 4 is 5.97 Å². The van der Waals surface area contributed by atoms with Gasteiger partial charge in [0.2, 0.25) is 0 Å². The van der Waals surface area contributed by atoms with Crippen molar-refractivity contribution in [3.8, 4) is 28.0 Å². The fourth-order valence-corrected chi connectivity index (χ4v) is 4.66. The van der Waals surface area contributed by atoms with Gasteiger partial charge in [0, 0.05) is 0 Å². The van der Waals surface area contributed by atoms with E-state index in [0.717, 1.165) is 16.7 Å². The molecule has 5 aromatic rings. The van der Waals surface area contributed by atoms with E-state index < -0.39 is 5.97 Å². The number of ether oxygens (including phenoxy) is 2. The lowest BCUT2D eigenvalue weighted by Gasteiger charge is -2.13. The highest BCUT2D eigenvalue weighted by atomic mass is 16.5. The van der Waals surface area contributed by atoms with Crippen LogP contribution in [0.1, 0.15) is 32.6 Å². The first-order chi connectivity index (χ1) is 18.6. The van der Waals surface area contributed by atoms with Crippen LogP contribution >= 0.6 is 0 Å². The topological polar surface area (TPSA) is 35.5 Å². The maximum Gasteiger partial charge on any atom is 0.342 e. The van der Waals surface area contributed by atoms with Gasteiger partial charge in [-0.3, -0.25) is 0 Å². The number of esters is 1. The number of para-hydroxylation sites is 1. The van der Waals surface area contributed by atoms with Crippen molar-refractivity contribution in [2.75, 3.05) is 0 Å². The lowest BCUT2D eigenvalue weighted by atomic mass is 9.99. The van der Waals surface area contributed by atoms with Crippen molar-refractivity contribution in [3.05, 3.63) is 149 Å². The van der Waals surface area contributed by atoms with E-state index in [1.807, 2.05) is 54.6 Å². The SMILES string of the molecule is Cc1cc(COC(=O)c2ccccc2OCc2ccc(-c3ccccc3)c(C)c2)ccc1-c1ccccc1. The quantitative estimate of drug-likeness (QED) is 0.201. The first-order valence-corrected chi connectivity index (χ1v) is 12.8. The Morgan fingerprint density at radius 2 is 1.08 bits per heavy atom. The smallest absolute Gasteiger partial charge is 0.342 e. The normalized spacial score (nSPS) is 10.7. The van der Waals surface area contributed by atoms with Gasteiger partial charge < -0.3 is 9.47 Å². The van der Waals surface area contributed by atoms with Gasteiger partial charge in [-0.15, -0.1) is 0 Å². The van der Waals surface area contributed by atoms with Gasteiger partial charge in [-0.25, -0.2) is 4.79 Å². The number of hydrogen-bond donors (Lipinski definition) is 0. The van der Waals surface area contributed by atoms with E-state index in [-0.39, 0.29) is 6.61 Å². The molecule has 0 saturated carbocycles. The van der Waals surface area contributed by atoms with Gasteiger partial charge in [0.05, 0.1) is 0 Å². The number of carbonyl (C=O) groups excluding carboxylic acids is 1. The number of benzene rings is 5. The molecule has 0 heterocycles. The van der Waals surface area contributed by atoms with Crippen LogP contribution < -0.4 is 4.74 Å². The molecule has 3 heteroatoms. The molecule has 0 spiro atoms. The summed E-state index contributed by atoms with van der Waals surface area (Å²) < 4.78 is 11.8. The monoisotopic (exact) mass is 498 g/mol. The second-order valence-electron chi connectivity index (χ2n) is 9.39. The summed E-state index contributed by atoms with van der Waals surface area (Å²) in [7, 11) is 0. The lowest BCUT2D eigenvalue weighted by Crippen LogP contribution is -2.08. The van der Waals surface area contributed by atoms with Crippen LogP contribution in [0, 0.1) is 13.8 Å². The fraction of sp³-hybridized carbons (Fsp3) is 0.114. The molecule has 5 rings (SSSR count). The molecule has 0 aliphatic rings. The van der Waals surface area contributed by atoms with Crippen molar-refractivity contribution in [3.63, 3.8) is 0 Å². The fourth-order valence-electron chi connectivity index (χ4n) is 4.66. The molecule has 0 bridgehead atoms. The largest absolute Gasteiger partial charge is 0.488 e. The van der Waals surface area contributed by atoms with Gasteiger partial charge in [0.25, 0.3) is 0 Å². The Balaban J connectivity index is 1.23. The molecule has 0 aromatic heterocycles. The van der Waals surface area contributed by atoms with Crippen molar-refractivity contribution in [2.45, 2.75) is 27.1 Å². The predicted octanol–water partition coefficient (Wildman–Crippen LogP) is 8.57. The van der Waals surface area contributed by atoms with E-state index in [1.165, 1.54) is 27.8 Å². The standard InChI is InChI=1S/C35H30O3/c1-25-21-27(17-19-31(25)29-11-5-3-6-12-29)23-37-34-16-10-9-15-33(34)35(36)38-24-28-18-20-32(26(2)22-28)30-13-7-4-8-14-30/h3-22H,23-24H2,1-2H3. The van der Waals surface area contributed by atoms with Crippen molar-refractivity contribution in [1.29, 1.82) is 0 Å². The Kier molecular flexibility index (Phi) is 7.65. The van der Waals surface area contributed by atoms with Crippen LogP contribution in [0.5, 0.6) is 5.75 Å². The highest BCUT2D eigenvalue weighted by Gasteiger charge is 2.15. The summed E-state index contributed by atoms with van der Waals surface area (Å²) in [6.07, 6.45) is 0. The molecule has 38 heavy (non-hydrogen) atoms. The van der Waals surface area contributed by atoms with Gasteiger partial charge in [-0.1, -0.05) is 109 Å². The Labute approximate surface area is 224 Å². The Morgan fingerprint density at radius 3 is 1.63 bits per heavy atom. The van der Waals surface area contributed by atoms with Crippen LogP contribution in [-0.2, 0) is 18.0 Å². The lowest BCUT2D eigenvalue weighted by molar-refractivity contribution is 0.0467. The Bertz CT molecular complexity index is 1540. The molecule has 188 valence electrons. The summed E-state index contributed by atoms with van der Waals surface area (Å²) in [4.78, 5) is 13.0. The van der Waals surface area contributed by atoms with E-state index in [1.54, 1.807) is 12.1 Å². The molecule has 0 fully saturated rings. The van der Waals surface area contributed by atoms with Gasteiger partial charge >= 0.3 is 5.97 Å². The van der Waals surface area contributed by atoms with Crippen LogP contribution in [-0.4, -0.2) is 5.97 Å². The molecule has 0 aliphatic carbocycles. The highest BCUT2D eigenvalue weighted by Crippen LogP contribution is 2.27. The minimum absolute atomic E-state index is 0.198. The van der Waals surface area contributed by atoms with Crippen LogP contribution in [0.15, 0.2) is 121 Å². The van der Waals surface area contributed by atoms with E-state index >= 15 is 0 Å². The van der Waals surface area contributed by atoms with E-state index in [2.05, 4.69) is 68.4 Å². The molecule has 5 aromatic carbocycles. The second-order valence-corrected chi connectivity index (χ2v) is 9.39. The molecular weight excluding hydrogens is 468 g/mol. The minimum Gasteiger partial charge on any atom is -0.488 e. The Hall–Kier alpha value is -4.63. The molecule has 3 nitrogen and oxygen atoms in total. The highest BCUT2D eigenvalue weighted by molar-refractivity contribution is 5.92. The maximum atomic E-state index is 13.0. The average Bonchev–Trinajstić information content (AvgIpc) is 2.96. The van der Waals surface area contributed by atoms with Gasteiger partial charge in [-0.05, 0) is 70.5 Å². The minimum atomic E-state index is -0.402. The third kappa shape index (κ3) is 5.84. The predicted molar refractivity (Wildman–Crippen MR) is 153 cm³/mol. The summed E-state index contributed by atoms with van der Waals surface area (Å²) in [6, 6.07) is 40.3. The van der Waals surface area contributed by atoms with Crippen molar-refractivity contribution in [2.24, 2.45) is 0 Å². The van der Waals surface area contributed by atoms with E-state index in [4.69, 9.17) is 9.47 Å². The molecule has 0 aliphatic heterocycles. The molecule has 0 radical (unpaired) electrons. The molecule has 0 N–H and O–H groups in total. The summed E-state index contributed by atoms with van der Waals surface area (Å²) in [5.74, 6) is 0.110. The second kappa shape index (κ2) is 11.6. The van der Waals surface area contributed by atoms with Crippen LogP contribution in [0.4, 0.5) is 0 Å². The van der Waals surface area contributed by atoms with Crippen LogP contribution in [0.2, 0.25) is 0 Å². The zero-order valence-electron chi connectivity index (χ0n) is 21.7. The van der Waals surface area contributed by atoms with Gasteiger partial charge in [0.15, 0.2) is 0 Å². The molecule has 0 amide bonds. The van der Waals surface area contributed by atoms with Crippen LogP contribution in [0.25, 0.3) is 22.3 Å². The van der Waals surface area contributed by atoms with Gasteiger partial charge in [-0.2, -0.15) is 0 Å². The van der Waals surface area contributed by atoms with E-state index in [9.17, 15) is 4.79 Å². The van der Waals surface area contributed by atoms with Crippen molar-refractivity contribution < 1.29 is 14.3 Å². The van der Waals surface area contributed by atoms with E-state index in [0.29, 0.717) is 17.9 Å². The zero-order valence-corrected chi connectivity index (χ0v) is 21.7. The maximum absolute atomic E-state index is 13.0. The number of aryl methyl sites for hydroxylation is 2. The Morgan fingerprint density at radius 1 is 0.579 bits per heavy atom. The molecule has 0 unspecified atom stereocenters.